The highest BCUT2D eigenvalue weighted by Crippen LogP contribution is 2.46. The molecule has 32 heavy (non-hydrogen) atoms. The van der Waals surface area contributed by atoms with Gasteiger partial charge in [0.15, 0.2) is 0 Å². The molecule has 0 atom stereocenters. The minimum Gasteiger partial charge on any atom is -0.471 e. The molecule has 0 saturated heterocycles. The summed E-state index contributed by atoms with van der Waals surface area (Å²) in [4.78, 5) is 9.06. The van der Waals surface area contributed by atoms with Gasteiger partial charge in [-0.3, -0.25) is 0 Å². The Morgan fingerprint density at radius 2 is 1.22 bits per heavy atom. The number of aromatic nitrogens is 2. The molecule has 0 amide bonds. The number of nitrogens with zero attached hydrogens (tertiary/aromatic N) is 2. The van der Waals surface area contributed by atoms with Crippen molar-refractivity contribution < 1.29 is 14.6 Å². The lowest BCUT2D eigenvalue weighted by atomic mass is 9.78. The lowest BCUT2D eigenvalue weighted by Gasteiger charge is -2.33. The first-order valence-corrected chi connectivity index (χ1v) is 10.8. The molecule has 0 unspecified atom stereocenters. The fraction of sp³-hybridized carbons (Fsp3) is 0.333. The molecule has 0 radical (unpaired) electrons. The van der Waals surface area contributed by atoms with Crippen LogP contribution in [0, 0.1) is 0 Å². The number of fused-ring (bicyclic) bond motifs is 2. The van der Waals surface area contributed by atoms with E-state index in [1.54, 1.807) is 6.20 Å². The van der Waals surface area contributed by atoms with Crippen molar-refractivity contribution in [1.82, 2.24) is 9.97 Å². The molecule has 166 valence electrons. The number of rotatable bonds is 3. The van der Waals surface area contributed by atoms with Crippen LogP contribution in [-0.4, -0.2) is 26.3 Å². The van der Waals surface area contributed by atoms with Crippen LogP contribution in [0.1, 0.15) is 69.4 Å². The largest absolute Gasteiger partial charge is 0.471 e. The van der Waals surface area contributed by atoms with E-state index < -0.39 is 16.8 Å². The summed E-state index contributed by atoms with van der Waals surface area (Å²) in [6.45, 7) is 11.7. The van der Waals surface area contributed by atoms with E-state index in [-0.39, 0.29) is 6.01 Å². The molecule has 1 aromatic heterocycles. The van der Waals surface area contributed by atoms with E-state index in [0.717, 1.165) is 22.3 Å². The van der Waals surface area contributed by atoms with Gasteiger partial charge < -0.3 is 14.6 Å². The Balaban J connectivity index is 2.00. The molecule has 5 heteroatoms. The van der Waals surface area contributed by atoms with E-state index in [0.29, 0.717) is 11.4 Å². The quantitative estimate of drug-likeness (QED) is 0.586. The molecular weight excluding hydrogens is 400 g/mol. The van der Waals surface area contributed by atoms with E-state index in [1.807, 2.05) is 102 Å². The molecule has 2 aromatic carbocycles. The molecule has 1 aliphatic rings. The van der Waals surface area contributed by atoms with Gasteiger partial charge in [-0.2, -0.15) is 4.98 Å². The minimum absolute atomic E-state index is 0.206. The highest BCUT2D eigenvalue weighted by Gasteiger charge is 2.42. The van der Waals surface area contributed by atoms with Gasteiger partial charge in [0.25, 0.3) is 0 Å². The SMILES string of the molecule is CC(C)(C)Oc1ncc(C2(O)c3ccccc3C=Cc3ccccc32)c(OC(C)(C)C)n1. The number of ether oxygens (including phenoxy) is 2. The van der Waals surface area contributed by atoms with Crippen LogP contribution < -0.4 is 9.47 Å². The monoisotopic (exact) mass is 430 g/mol. The second-order valence-corrected chi connectivity index (χ2v) is 10.0. The molecule has 0 fully saturated rings. The van der Waals surface area contributed by atoms with Crippen molar-refractivity contribution in [1.29, 1.82) is 0 Å². The second-order valence-electron chi connectivity index (χ2n) is 10.0. The fourth-order valence-corrected chi connectivity index (χ4v) is 3.85. The van der Waals surface area contributed by atoms with Crippen LogP contribution in [0.3, 0.4) is 0 Å². The predicted octanol–water partition coefficient (Wildman–Crippen LogP) is 5.60. The van der Waals surface area contributed by atoms with Crippen LogP contribution in [0.4, 0.5) is 0 Å². The Kier molecular flexibility index (Phi) is 5.33. The topological polar surface area (TPSA) is 64.5 Å². The van der Waals surface area contributed by atoms with Crippen LogP contribution in [-0.2, 0) is 5.60 Å². The first-order valence-electron chi connectivity index (χ1n) is 10.8. The van der Waals surface area contributed by atoms with Crippen LogP contribution >= 0.6 is 0 Å². The molecule has 1 aliphatic carbocycles. The maximum Gasteiger partial charge on any atom is 0.320 e. The van der Waals surface area contributed by atoms with Crippen LogP contribution in [0.5, 0.6) is 11.9 Å². The highest BCUT2D eigenvalue weighted by atomic mass is 16.5. The van der Waals surface area contributed by atoms with E-state index in [1.165, 1.54) is 0 Å². The first-order chi connectivity index (χ1) is 15.0. The van der Waals surface area contributed by atoms with Crippen molar-refractivity contribution >= 4 is 12.2 Å². The van der Waals surface area contributed by atoms with E-state index in [9.17, 15) is 5.11 Å². The van der Waals surface area contributed by atoms with Gasteiger partial charge in [-0.05, 0) is 52.7 Å². The zero-order valence-corrected chi connectivity index (χ0v) is 19.5. The maximum atomic E-state index is 12.5. The third-order valence-corrected chi connectivity index (χ3v) is 5.07. The maximum absolute atomic E-state index is 12.5. The molecule has 0 aliphatic heterocycles. The van der Waals surface area contributed by atoms with E-state index >= 15 is 0 Å². The van der Waals surface area contributed by atoms with Gasteiger partial charge in [-0.1, -0.05) is 60.7 Å². The summed E-state index contributed by atoms with van der Waals surface area (Å²) in [6.07, 6.45) is 5.66. The molecule has 0 spiro atoms. The summed E-state index contributed by atoms with van der Waals surface area (Å²) >= 11 is 0. The molecule has 0 bridgehead atoms. The molecule has 0 saturated carbocycles. The third kappa shape index (κ3) is 4.26. The average Bonchev–Trinajstić information content (AvgIpc) is 2.82. The van der Waals surface area contributed by atoms with Gasteiger partial charge in [0.2, 0.25) is 5.88 Å². The molecule has 1 heterocycles. The van der Waals surface area contributed by atoms with Gasteiger partial charge >= 0.3 is 6.01 Å². The van der Waals surface area contributed by atoms with Crippen molar-refractivity contribution in [3.8, 4) is 11.9 Å². The number of benzene rings is 2. The normalized spacial score (nSPS) is 14.8. The summed E-state index contributed by atoms with van der Waals surface area (Å²) in [5.41, 5.74) is 1.27. The smallest absolute Gasteiger partial charge is 0.320 e. The van der Waals surface area contributed by atoms with Crippen molar-refractivity contribution in [3.63, 3.8) is 0 Å². The number of hydrogen-bond acceptors (Lipinski definition) is 5. The third-order valence-electron chi connectivity index (χ3n) is 5.07. The summed E-state index contributed by atoms with van der Waals surface area (Å²) in [5, 5.41) is 12.5. The van der Waals surface area contributed by atoms with Gasteiger partial charge in [-0.15, -0.1) is 0 Å². The predicted molar refractivity (Wildman–Crippen MR) is 127 cm³/mol. The lowest BCUT2D eigenvalue weighted by molar-refractivity contribution is 0.0851. The van der Waals surface area contributed by atoms with Gasteiger partial charge in [0.05, 0.1) is 5.56 Å². The Labute approximate surface area is 189 Å². The Morgan fingerprint density at radius 3 is 1.72 bits per heavy atom. The van der Waals surface area contributed by atoms with Crippen LogP contribution in [0.15, 0.2) is 54.7 Å². The van der Waals surface area contributed by atoms with Crippen molar-refractivity contribution in [2.75, 3.05) is 0 Å². The average molecular weight is 431 g/mol. The van der Waals surface area contributed by atoms with Crippen molar-refractivity contribution in [2.24, 2.45) is 0 Å². The molecule has 5 nitrogen and oxygen atoms in total. The molecular formula is C27H30N2O3. The molecule has 4 rings (SSSR count). The van der Waals surface area contributed by atoms with Gasteiger partial charge in [-0.25, -0.2) is 4.98 Å². The van der Waals surface area contributed by atoms with E-state index in [2.05, 4.69) is 9.97 Å². The molecule has 3 aromatic rings. The standard InChI is InChI=1S/C27H30N2O3/c1-25(2,3)31-23-22(17-28-24(29-23)32-26(4,5)6)27(30)20-13-9-7-11-18(20)15-16-19-12-8-10-14-21(19)27/h7-17,30H,1-6H3. The number of aliphatic hydroxyl groups is 1. The van der Waals surface area contributed by atoms with E-state index in [4.69, 9.17) is 9.47 Å². The zero-order valence-electron chi connectivity index (χ0n) is 19.5. The Morgan fingerprint density at radius 1 is 0.719 bits per heavy atom. The summed E-state index contributed by atoms with van der Waals surface area (Å²) in [7, 11) is 0. The zero-order chi connectivity index (χ0) is 23.1. The van der Waals surface area contributed by atoms with Crippen molar-refractivity contribution in [3.05, 3.63) is 82.5 Å². The van der Waals surface area contributed by atoms with Crippen LogP contribution in [0.25, 0.3) is 12.2 Å². The summed E-state index contributed by atoms with van der Waals surface area (Å²) < 4.78 is 12.2. The fourth-order valence-electron chi connectivity index (χ4n) is 3.85. The Hall–Kier alpha value is -3.18. The van der Waals surface area contributed by atoms with Crippen molar-refractivity contribution in [2.45, 2.75) is 58.3 Å². The lowest BCUT2D eigenvalue weighted by Crippen LogP contribution is -2.34. The van der Waals surface area contributed by atoms with Gasteiger partial charge in [0, 0.05) is 17.3 Å². The minimum atomic E-state index is -1.52. The summed E-state index contributed by atoms with van der Waals surface area (Å²) in [5.74, 6) is 0.292. The molecule has 1 N–H and O–H groups in total. The second kappa shape index (κ2) is 7.75. The summed E-state index contributed by atoms with van der Waals surface area (Å²) in [6, 6.07) is 15.8. The van der Waals surface area contributed by atoms with Crippen LogP contribution in [0.2, 0.25) is 0 Å². The van der Waals surface area contributed by atoms with Gasteiger partial charge in [0.1, 0.15) is 16.8 Å². The first kappa shape index (κ1) is 22.0. The highest BCUT2D eigenvalue weighted by molar-refractivity contribution is 5.78. The Bertz CT molecular complexity index is 1120. The number of hydrogen-bond donors (Lipinski definition) is 1.